The van der Waals surface area contributed by atoms with Crippen molar-refractivity contribution in [3.05, 3.63) is 36.0 Å². The van der Waals surface area contributed by atoms with Gasteiger partial charge in [-0.25, -0.2) is 0 Å². The van der Waals surface area contributed by atoms with Crippen molar-refractivity contribution in [2.45, 2.75) is 13.3 Å². The molecule has 0 aliphatic carbocycles. The first-order valence-corrected chi connectivity index (χ1v) is 5.06. The third-order valence-electron chi connectivity index (χ3n) is 2.26. The minimum absolute atomic E-state index is 0.309. The second-order valence-electron chi connectivity index (χ2n) is 3.41. The van der Waals surface area contributed by atoms with Gasteiger partial charge < -0.3 is 9.72 Å². The minimum Gasteiger partial charge on any atom is -0.481 e. The van der Waals surface area contributed by atoms with Crippen molar-refractivity contribution < 1.29 is 4.74 Å². The maximum Gasteiger partial charge on any atom is 0.186 e. The highest BCUT2D eigenvalue weighted by Gasteiger charge is 2.03. The Kier molecular flexibility index (Phi) is 2.72. The number of para-hydroxylation sites is 1. The molecular weight excluding hydrogens is 188 g/mol. The van der Waals surface area contributed by atoms with Crippen molar-refractivity contribution in [1.29, 1.82) is 5.41 Å². The predicted octanol–water partition coefficient (Wildman–Crippen LogP) is 2.72. The molecule has 0 saturated carbocycles. The fourth-order valence-electron chi connectivity index (χ4n) is 1.63. The summed E-state index contributed by atoms with van der Waals surface area (Å²) in [6, 6.07) is 10.1. The number of aromatic amines is 1. The number of aromatic nitrogens is 1. The lowest BCUT2D eigenvalue weighted by Crippen LogP contribution is -2.06. The topological polar surface area (TPSA) is 48.9 Å². The highest BCUT2D eigenvalue weighted by atomic mass is 16.5. The van der Waals surface area contributed by atoms with Crippen LogP contribution in [0.3, 0.4) is 0 Å². The Hall–Kier alpha value is -1.77. The van der Waals surface area contributed by atoms with Crippen LogP contribution >= 0.6 is 0 Å². The van der Waals surface area contributed by atoms with Crippen LogP contribution in [0.5, 0.6) is 0 Å². The van der Waals surface area contributed by atoms with Gasteiger partial charge in [0.2, 0.25) is 0 Å². The van der Waals surface area contributed by atoms with E-state index in [0.29, 0.717) is 18.9 Å². The number of hydrogen-bond donors (Lipinski definition) is 2. The van der Waals surface area contributed by atoms with Crippen LogP contribution in [0.1, 0.15) is 12.6 Å². The van der Waals surface area contributed by atoms with Crippen LogP contribution < -0.4 is 0 Å². The second-order valence-corrected chi connectivity index (χ2v) is 3.41. The van der Waals surface area contributed by atoms with Crippen molar-refractivity contribution in [2.24, 2.45) is 0 Å². The number of nitrogens with one attached hydrogen (secondary N) is 2. The molecule has 0 aliphatic heterocycles. The molecule has 15 heavy (non-hydrogen) atoms. The van der Waals surface area contributed by atoms with E-state index in [-0.39, 0.29) is 0 Å². The van der Waals surface area contributed by atoms with Crippen molar-refractivity contribution in [3.63, 3.8) is 0 Å². The van der Waals surface area contributed by atoms with Crippen molar-refractivity contribution in [2.75, 3.05) is 6.61 Å². The molecular formula is C12H14N2O. The third-order valence-corrected chi connectivity index (χ3v) is 2.26. The molecule has 3 heteroatoms. The fraction of sp³-hybridized carbons (Fsp3) is 0.250. The normalized spacial score (nSPS) is 10.5. The molecule has 0 amide bonds. The number of fused-ring (bicyclic) bond motifs is 1. The molecule has 1 heterocycles. The molecule has 0 saturated heterocycles. The smallest absolute Gasteiger partial charge is 0.186 e. The summed E-state index contributed by atoms with van der Waals surface area (Å²) in [7, 11) is 0. The first kappa shape index (κ1) is 9.77. The number of ether oxygens (including phenoxy) is 1. The summed E-state index contributed by atoms with van der Waals surface area (Å²) in [5.74, 6) is 0.309. The molecule has 1 aromatic carbocycles. The molecule has 1 aromatic heterocycles. The molecule has 78 valence electrons. The van der Waals surface area contributed by atoms with Crippen LogP contribution in [0.15, 0.2) is 30.3 Å². The first-order chi connectivity index (χ1) is 7.29. The molecule has 0 spiro atoms. The molecule has 0 aliphatic rings. The van der Waals surface area contributed by atoms with E-state index in [0.717, 1.165) is 11.2 Å². The highest BCUT2D eigenvalue weighted by molar-refractivity contribution is 5.83. The molecule has 2 N–H and O–H groups in total. The molecule has 2 rings (SSSR count). The van der Waals surface area contributed by atoms with Gasteiger partial charge in [0.05, 0.1) is 13.0 Å². The van der Waals surface area contributed by atoms with Crippen LogP contribution in [0.4, 0.5) is 0 Å². The van der Waals surface area contributed by atoms with E-state index in [2.05, 4.69) is 17.1 Å². The lowest BCUT2D eigenvalue weighted by Gasteiger charge is -2.02. The average Bonchev–Trinajstić information content (AvgIpc) is 2.59. The van der Waals surface area contributed by atoms with E-state index >= 15 is 0 Å². The number of H-pyrrole nitrogens is 1. The largest absolute Gasteiger partial charge is 0.481 e. The summed E-state index contributed by atoms with van der Waals surface area (Å²) >= 11 is 0. The zero-order chi connectivity index (χ0) is 10.7. The number of benzene rings is 1. The second kappa shape index (κ2) is 4.17. The lowest BCUT2D eigenvalue weighted by molar-refractivity contribution is 0.316. The summed E-state index contributed by atoms with van der Waals surface area (Å²) in [5.41, 5.74) is 2.13. The van der Waals surface area contributed by atoms with Crippen molar-refractivity contribution in [3.8, 4) is 0 Å². The van der Waals surface area contributed by atoms with Gasteiger partial charge in [0.25, 0.3) is 0 Å². The summed E-state index contributed by atoms with van der Waals surface area (Å²) in [4.78, 5) is 3.26. The summed E-state index contributed by atoms with van der Waals surface area (Å²) in [5, 5.41) is 8.73. The van der Waals surface area contributed by atoms with Crippen molar-refractivity contribution >= 4 is 16.8 Å². The van der Waals surface area contributed by atoms with Gasteiger partial charge in [-0.15, -0.1) is 0 Å². The minimum atomic E-state index is 0.309. The highest BCUT2D eigenvalue weighted by Crippen LogP contribution is 2.15. The van der Waals surface area contributed by atoms with Gasteiger partial charge in [-0.1, -0.05) is 18.2 Å². The first-order valence-electron chi connectivity index (χ1n) is 5.06. The Morgan fingerprint density at radius 3 is 2.93 bits per heavy atom. The van der Waals surface area contributed by atoms with E-state index in [1.807, 2.05) is 25.1 Å². The summed E-state index contributed by atoms with van der Waals surface area (Å²) in [6.07, 6.45) is 0.530. The Morgan fingerprint density at radius 1 is 1.40 bits per heavy atom. The Balaban J connectivity index is 2.18. The Bertz CT molecular complexity index is 440. The predicted molar refractivity (Wildman–Crippen MR) is 61.4 cm³/mol. The van der Waals surface area contributed by atoms with Gasteiger partial charge >= 0.3 is 0 Å². The zero-order valence-corrected chi connectivity index (χ0v) is 8.71. The average molecular weight is 202 g/mol. The van der Waals surface area contributed by atoms with Crippen LogP contribution in [0.2, 0.25) is 0 Å². The van der Waals surface area contributed by atoms with Crippen LogP contribution in [0, 0.1) is 5.41 Å². The van der Waals surface area contributed by atoms with E-state index < -0.39 is 0 Å². The van der Waals surface area contributed by atoms with Crippen LogP contribution in [0.25, 0.3) is 10.9 Å². The van der Waals surface area contributed by atoms with E-state index in [9.17, 15) is 0 Å². The zero-order valence-electron chi connectivity index (χ0n) is 8.71. The molecule has 3 nitrogen and oxygen atoms in total. The quantitative estimate of drug-likeness (QED) is 0.583. The maximum absolute atomic E-state index is 7.56. The van der Waals surface area contributed by atoms with E-state index in [1.54, 1.807) is 0 Å². The summed E-state index contributed by atoms with van der Waals surface area (Å²) < 4.78 is 5.11. The summed E-state index contributed by atoms with van der Waals surface area (Å²) in [6.45, 7) is 2.44. The van der Waals surface area contributed by atoms with Crippen LogP contribution in [-0.4, -0.2) is 17.5 Å². The molecule has 0 atom stereocenters. The monoisotopic (exact) mass is 202 g/mol. The molecule has 0 radical (unpaired) electrons. The third kappa shape index (κ3) is 2.18. The van der Waals surface area contributed by atoms with Crippen LogP contribution in [-0.2, 0) is 11.2 Å². The standard InChI is InChI=1S/C12H14N2O/c1-2-15-12(13)8-10-7-9-5-3-4-6-11(9)14-10/h3-7,13-14H,2,8H2,1H3. The van der Waals surface area contributed by atoms with Gasteiger partial charge in [-0.05, 0) is 24.4 Å². The van der Waals surface area contributed by atoms with E-state index in [4.69, 9.17) is 10.1 Å². The molecule has 0 fully saturated rings. The van der Waals surface area contributed by atoms with Gasteiger partial charge in [0.15, 0.2) is 5.90 Å². The SMILES string of the molecule is CCOC(=N)Cc1cc2ccccc2[nH]1. The molecule has 2 aromatic rings. The number of rotatable bonds is 3. The van der Waals surface area contributed by atoms with Gasteiger partial charge in [-0.2, -0.15) is 0 Å². The number of hydrogen-bond acceptors (Lipinski definition) is 2. The Morgan fingerprint density at radius 2 is 2.20 bits per heavy atom. The molecule has 0 bridgehead atoms. The van der Waals surface area contributed by atoms with E-state index in [1.165, 1.54) is 5.39 Å². The van der Waals surface area contributed by atoms with Crippen molar-refractivity contribution in [1.82, 2.24) is 4.98 Å². The maximum atomic E-state index is 7.56. The molecule has 0 unspecified atom stereocenters. The lowest BCUT2D eigenvalue weighted by atomic mass is 10.2. The fourth-order valence-corrected chi connectivity index (χ4v) is 1.63. The van der Waals surface area contributed by atoms with Gasteiger partial charge in [-0.3, -0.25) is 5.41 Å². The Labute approximate surface area is 88.6 Å². The van der Waals surface area contributed by atoms with Gasteiger partial charge in [0, 0.05) is 11.2 Å². The van der Waals surface area contributed by atoms with Gasteiger partial charge in [0.1, 0.15) is 0 Å².